The smallest absolute Gasteiger partial charge is 0.409 e. The van der Waals surface area contributed by atoms with Gasteiger partial charge in [0.15, 0.2) is 0 Å². The van der Waals surface area contributed by atoms with Crippen molar-refractivity contribution in [3.63, 3.8) is 0 Å². The number of nitrogens with one attached hydrogen (secondary N) is 1. The standard InChI is InChI=1S/C39H58N2O3S.C6H10F3N.C3H8/c1-36(2)30(27-8-10-28(11-9-27)35(42)44-5)14-18-38(4)33(36)16-19-37(3)31-15-20-39(40-21-22-41-23-25-45(43)26-24-41)17-6-7-32(39)29(31)12-13-34(37)38;1-4(2)5(3,10)6(7,8)9;1-3-2/h8-11,14,29,31-34,40H,6-7,12-13,15-26H2,1-5H3;1,10H2,2-3H3;3H2,1-2H3/t29?,31?,32-,33?,34?,37?,38?,39?;;/m1../s1. The maximum Gasteiger partial charge on any atom is 0.409 e. The molecule has 58 heavy (non-hydrogen) atoms. The largest absolute Gasteiger partial charge is 0.465 e. The number of esters is 1. The van der Waals surface area contributed by atoms with Gasteiger partial charge in [0, 0.05) is 54.0 Å². The molecule has 6 nitrogen and oxygen atoms in total. The van der Waals surface area contributed by atoms with E-state index in [0.717, 1.165) is 68.3 Å². The van der Waals surface area contributed by atoms with Crippen LogP contribution in [-0.2, 0) is 15.5 Å². The summed E-state index contributed by atoms with van der Waals surface area (Å²) in [5.74, 6) is 5.49. The number of allylic oxidation sites excluding steroid dienone is 2. The number of carbonyl (C=O) groups excluding carboxylic acids is 1. The minimum atomic E-state index is -4.40. The molecule has 7 rings (SSSR count). The molecule has 0 bridgehead atoms. The van der Waals surface area contributed by atoms with Gasteiger partial charge in [-0.3, -0.25) is 4.21 Å². The first-order valence-electron chi connectivity index (χ1n) is 22.4. The van der Waals surface area contributed by atoms with E-state index in [2.05, 4.69) is 76.5 Å². The lowest BCUT2D eigenvalue weighted by molar-refractivity contribution is -0.172. The van der Waals surface area contributed by atoms with E-state index in [9.17, 15) is 22.2 Å². The number of hydrogen-bond donors (Lipinski definition) is 2. The highest BCUT2D eigenvalue weighted by molar-refractivity contribution is 7.85. The van der Waals surface area contributed by atoms with Gasteiger partial charge in [-0.1, -0.05) is 84.7 Å². The van der Waals surface area contributed by atoms with Crippen molar-refractivity contribution in [2.45, 2.75) is 143 Å². The number of nitrogens with two attached hydrogens (primary N) is 1. The highest BCUT2D eigenvalue weighted by atomic mass is 32.2. The Kier molecular flexibility index (Phi) is 14.7. The summed E-state index contributed by atoms with van der Waals surface area (Å²) >= 11 is 0. The van der Waals surface area contributed by atoms with Crippen LogP contribution in [0.15, 0.2) is 42.5 Å². The van der Waals surface area contributed by atoms with Crippen molar-refractivity contribution < 1.29 is 26.9 Å². The fourth-order valence-corrected chi connectivity index (χ4v) is 14.3. The second kappa shape index (κ2) is 18.1. The Balaban J connectivity index is 0.000000429. The van der Waals surface area contributed by atoms with Crippen molar-refractivity contribution in [3.05, 3.63) is 53.6 Å². The quantitative estimate of drug-likeness (QED) is 0.210. The molecule has 328 valence electrons. The summed E-state index contributed by atoms with van der Waals surface area (Å²) in [6.45, 7) is 24.2. The molecule has 8 unspecified atom stereocenters. The number of methoxy groups -OCH3 is 1. The van der Waals surface area contributed by atoms with Gasteiger partial charge in [0.05, 0.1) is 12.7 Å². The fraction of sp³-hybridized carbons (Fsp3) is 0.771. The fourth-order valence-electron chi connectivity index (χ4n) is 13.1. The van der Waals surface area contributed by atoms with Gasteiger partial charge < -0.3 is 20.7 Å². The van der Waals surface area contributed by atoms with E-state index in [0.29, 0.717) is 27.9 Å². The molecule has 5 fully saturated rings. The van der Waals surface area contributed by atoms with Crippen molar-refractivity contribution in [1.29, 1.82) is 0 Å². The first kappa shape index (κ1) is 47.0. The van der Waals surface area contributed by atoms with Crippen LogP contribution < -0.4 is 11.1 Å². The lowest BCUT2D eigenvalue weighted by Crippen LogP contribution is -2.63. The molecule has 1 aliphatic heterocycles. The number of halogens is 3. The molecule has 10 heteroatoms. The van der Waals surface area contributed by atoms with Crippen LogP contribution in [0.3, 0.4) is 0 Å². The first-order valence-corrected chi connectivity index (χ1v) is 23.8. The van der Waals surface area contributed by atoms with Gasteiger partial charge in [-0.15, -0.1) is 0 Å². The van der Waals surface area contributed by atoms with Crippen molar-refractivity contribution in [3.8, 4) is 0 Å². The van der Waals surface area contributed by atoms with Gasteiger partial charge in [-0.2, -0.15) is 13.2 Å². The summed E-state index contributed by atoms with van der Waals surface area (Å²) in [4.78, 5) is 14.6. The minimum Gasteiger partial charge on any atom is -0.465 e. The molecule has 1 aromatic carbocycles. The summed E-state index contributed by atoms with van der Waals surface area (Å²) in [5, 5.41) is 4.22. The summed E-state index contributed by atoms with van der Waals surface area (Å²) in [5.41, 5.74) is 7.15. The number of benzene rings is 1. The molecule has 1 saturated heterocycles. The van der Waals surface area contributed by atoms with Gasteiger partial charge in [0.25, 0.3) is 0 Å². The zero-order valence-electron chi connectivity index (χ0n) is 37.3. The van der Waals surface area contributed by atoms with Gasteiger partial charge >= 0.3 is 12.1 Å². The summed E-state index contributed by atoms with van der Waals surface area (Å²) in [6.07, 6.45) is 13.1. The summed E-state index contributed by atoms with van der Waals surface area (Å²) in [7, 11) is 0.859. The molecule has 4 saturated carbocycles. The molecule has 0 radical (unpaired) electrons. The molecule has 0 amide bonds. The van der Waals surface area contributed by atoms with Crippen molar-refractivity contribution in [2.75, 3.05) is 44.8 Å². The van der Waals surface area contributed by atoms with Crippen LogP contribution in [0, 0.1) is 45.8 Å². The lowest BCUT2D eigenvalue weighted by atomic mass is 9.37. The first-order chi connectivity index (χ1) is 27.1. The average Bonchev–Trinajstić information content (AvgIpc) is 3.60. The lowest BCUT2D eigenvalue weighted by Gasteiger charge is -2.68. The number of ether oxygens (including phenoxy) is 1. The Hall–Kier alpha value is -2.01. The molecule has 1 aromatic rings. The molecular formula is C48H76F3N3O3S. The SMILES string of the molecule is C=C(C)C(C)(N)C(F)(F)F.CCC.COC(=O)c1ccc(C2=CCC3(C)C(CCC4(C)C5CCC6(NCCN7CCS(=O)CC7)CCC[C@@H]6C5CCC43)C2(C)C)cc1. The molecule has 3 N–H and O–H groups in total. The third-order valence-corrected chi connectivity index (χ3v) is 17.6. The Morgan fingerprint density at radius 1 is 0.948 bits per heavy atom. The van der Waals surface area contributed by atoms with Gasteiger partial charge in [-0.25, -0.2) is 4.79 Å². The van der Waals surface area contributed by atoms with E-state index in [-0.39, 0.29) is 17.0 Å². The highest BCUT2D eigenvalue weighted by Crippen LogP contribution is 2.72. The Labute approximate surface area is 351 Å². The van der Waals surface area contributed by atoms with E-state index >= 15 is 0 Å². The number of carbonyl (C=O) groups is 1. The Morgan fingerprint density at radius 2 is 1.59 bits per heavy atom. The number of alkyl halides is 3. The van der Waals surface area contributed by atoms with Crippen LogP contribution in [0.5, 0.6) is 0 Å². The third kappa shape index (κ3) is 8.97. The maximum atomic E-state index is 12.1. The van der Waals surface area contributed by atoms with Crippen molar-refractivity contribution in [2.24, 2.45) is 51.6 Å². The molecule has 9 atom stereocenters. The molecular weight excluding hydrogens is 756 g/mol. The highest BCUT2D eigenvalue weighted by Gasteiger charge is 2.65. The van der Waals surface area contributed by atoms with E-state index in [4.69, 9.17) is 10.5 Å². The van der Waals surface area contributed by atoms with E-state index in [1.54, 1.807) is 0 Å². The zero-order chi connectivity index (χ0) is 42.9. The molecule has 1 heterocycles. The molecule has 0 spiro atoms. The zero-order valence-corrected chi connectivity index (χ0v) is 38.1. The van der Waals surface area contributed by atoms with Crippen LogP contribution in [0.2, 0.25) is 0 Å². The normalized spacial score (nSPS) is 35.5. The number of hydrogen-bond acceptors (Lipinski definition) is 6. The Morgan fingerprint density at radius 3 is 2.16 bits per heavy atom. The molecule has 5 aliphatic carbocycles. The second-order valence-corrected chi connectivity index (χ2v) is 21.8. The number of nitrogens with zero attached hydrogens (tertiary/aromatic N) is 1. The van der Waals surface area contributed by atoms with Crippen LogP contribution in [-0.4, -0.2) is 77.1 Å². The van der Waals surface area contributed by atoms with Crippen molar-refractivity contribution in [1.82, 2.24) is 10.2 Å². The summed E-state index contributed by atoms with van der Waals surface area (Å²) in [6, 6.07) is 8.14. The Bertz CT molecular complexity index is 1650. The van der Waals surface area contributed by atoms with Gasteiger partial charge in [-0.05, 0) is 141 Å². The summed E-state index contributed by atoms with van der Waals surface area (Å²) < 4.78 is 52.5. The van der Waals surface area contributed by atoms with E-state index in [1.165, 1.54) is 95.8 Å². The molecule has 0 aromatic heterocycles. The predicted molar refractivity (Wildman–Crippen MR) is 234 cm³/mol. The monoisotopic (exact) mass is 832 g/mol. The minimum absolute atomic E-state index is 0.0833. The third-order valence-electron chi connectivity index (χ3n) is 16.4. The number of fused-ring (bicyclic) bond motifs is 7. The second-order valence-electron chi connectivity index (χ2n) is 20.1. The topological polar surface area (TPSA) is 84.7 Å². The van der Waals surface area contributed by atoms with Gasteiger partial charge in [0.2, 0.25) is 0 Å². The predicted octanol–water partition coefficient (Wildman–Crippen LogP) is 10.6. The van der Waals surface area contributed by atoms with E-state index < -0.39 is 22.5 Å². The van der Waals surface area contributed by atoms with E-state index in [1.807, 2.05) is 12.1 Å². The van der Waals surface area contributed by atoms with Crippen LogP contribution in [0.4, 0.5) is 13.2 Å². The average molecular weight is 832 g/mol. The van der Waals surface area contributed by atoms with Gasteiger partial charge in [0.1, 0.15) is 5.54 Å². The van der Waals surface area contributed by atoms with Crippen LogP contribution in [0.25, 0.3) is 5.57 Å². The number of rotatable bonds is 7. The van der Waals surface area contributed by atoms with Crippen LogP contribution >= 0.6 is 0 Å². The van der Waals surface area contributed by atoms with Crippen LogP contribution in [0.1, 0.15) is 142 Å². The molecule has 6 aliphatic rings. The maximum absolute atomic E-state index is 12.1. The van der Waals surface area contributed by atoms with Crippen molar-refractivity contribution >= 4 is 22.3 Å².